The molecular formula is C22H23ClN4O3. The van der Waals surface area contributed by atoms with Crippen molar-refractivity contribution in [3.05, 3.63) is 75.3 Å². The molecule has 0 radical (unpaired) electrons. The van der Waals surface area contributed by atoms with Crippen LogP contribution in [0.1, 0.15) is 40.0 Å². The van der Waals surface area contributed by atoms with E-state index in [4.69, 9.17) is 21.0 Å². The third-order valence-corrected chi connectivity index (χ3v) is 5.38. The number of aryl methyl sites for hydroxylation is 2. The van der Waals surface area contributed by atoms with Crippen LogP contribution in [-0.4, -0.2) is 45.8 Å². The van der Waals surface area contributed by atoms with Crippen LogP contribution in [0.2, 0.25) is 5.02 Å². The van der Waals surface area contributed by atoms with Crippen LogP contribution in [0.3, 0.4) is 0 Å². The number of amides is 1. The number of carbonyl (C=O) groups excluding carboxylic acids is 1. The van der Waals surface area contributed by atoms with Crippen LogP contribution in [0, 0.1) is 13.8 Å². The Balaban J connectivity index is 1.48. The third-order valence-electron chi connectivity index (χ3n) is 5.14. The Morgan fingerprint density at radius 2 is 2.07 bits per heavy atom. The molecule has 3 aromatic rings. The molecule has 0 bridgehead atoms. The van der Waals surface area contributed by atoms with Crippen LogP contribution in [0.5, 0.6) is 0 Å². The van der Waals surface area contributed by atoms with E-state index in [2.05, 4.69) is 33.5 Å². The van der Waals surface area contributed by atoms with Crippen molar-refractivity contribution in [3.8, 4) is 0 Å². The highest BCUT2D eigenvalue weighted by atomic mass is 35.5. The van der Waals surface area contributed by atoms with Crippen molar-refractivity contribution in [1.82, 2.24) is 20.2 Å². The summed E-state index contributed by atoms with van der Waals surface area (Å²) in [4.78, 5) is 19.2. The predicted octanol–water partition coefficient (Wildman–Crippen LogP) is 3.47. The molecule has 1 amide bonds. The van der Waals surface area contributed by atoms with Crippen molar-refractivity contribution in [2.45, 2.75) is 32.8 Å². The van der Waals surface area contributed by atoms with E-state index in [1.54, 1.807) is 11.8 Å². The standard InChI is InChI=1S/C22H23ClN4O3/c1-14-8-17(9-16-4-3-5-18(23)10-16)11-20(24-14)21-13-27(6-7-29-21)22(28)12-19-15(2)25-30-26-19/h3-5,8,10-11,21H,6-7,9,12-13H2,1-2H3. The highest BCUT2D eigenvalue weighted by Crippen LogP contribution is 2.24. The molecule has 1 atom stereocenters. The van der Waals surface area contributed by atoms with Gasteiger partial charge in [-0.2, -0.15) is 0 Å². The Bertz CT molecular complexity index is 1050. The van der Waals surface area contributed by atoms with E-state index in [1.807, 2.05) is 25.1 Å². The molecule has 7 nitrogen and oxygen atoms in total. The van der Waals surface area contributed by atoms with E-state index >= 15 is 0 Å². The second kappa shape index (κ2) is 8.93. The topological polar surface area (TPSA) is 81.4 Å². The summed E-state index contributed by atoms with van der Waals surface area (Å²) in [5, 5.41) is 8.27. The number of ether oxygens (including phenoxy) is 1. The van der Waals surface area contributed by atoms with Gasteiger partial charge in [0.05, 0.1) is 25.3 Å². The fourth-order valence-electron chi connectivity index (χ4n) is 3.64. The SMILES string of the molecule is Cc1cc(Cc2cccc(Cl)c2)cc(C2CN(C(=O)Cc3nonc3C)CCO2)n1. The zero-order valence-electron chi connectivity index (χ0n) is 17.0. The van der Waals surface area contributed by atoms with Gasteiger partial charge >= 0.3 is 0 Å². The number of carbonyl (C=O) groups is 1. The van der Waals surface area contributed by atoms with Crippen molar-refractivity contribution in [2.24, 2.45) is 0 Å². The lowest BCUT2D eigenvalue weighted by molar-refractivity contribution is -0.138. The number of morpholine rings is 1. The lowest BCUT2D eigenvalue weighted by Crippen LogP contribution is -2.43. The quantitative estimate of drug-likeness (QED) is 0.621. The molecule has 3 heterocycles. The van der Waals surface area contributed by atoms with Gasteiger partial charge in [0.1, 0.15) is 17.5 Å². The number of aromatic nitrogens is 3. The molecule has 1 aromatic carbocycles. The predicted molar refractivity (Wildman–Crippen MR) is 111 cm³/mol. The first-order valence-electron chi connectivity index (χ1n) is 9.87. The summed E-state index contributed by atoms with van der Waals surface area (Å²) in [5.41, 5.74) is 5.23. The van der Waals surface area contributed by atoms with Gasteiger partial charge in [-0.1, -0.05) is 34.0 Å². The summed E-state index contributed by atoms with van der Waals surface area (Å²) in [6, 6.07) is 12.0. The van der Waals surface area contributed by atoms with Crippen LogP contribution in [-0.2, 0) is 22.4 Å². The van der Waals surface area contributed by atoms with Crippen molar-refractivity contribution < 1.29 is 14.2 Å². The average molecular weight is 427 g/mol. The first-order chi connectivity index (χ1) is 14.5. The Labute approximate surface area is 180 Å². The molecule has 0 aliphatic carbocycles. The third kappa shape index (κ3) is 4.86. The van der Waals surface area contributed by atoms with E-state index in [0.29, 0.717) is 31.1 Å². The Kier molecular flexibility index (Phi) is 6.11. The summed E-state index contributed by atoms with van der Waals surface area (Å²) < 4.78 is 10.7. The number of benzene rings is 1. The highest BCUT2D eigenvalue weighted by molar-refractivity contribution is 6.30. The van der Waals surface area contributed by atoms with Gasteiger partial charge in [0, 0.05) is 17.3 Å². The van der Waals surface area contributed by atoms with Gasteiger partial charge < -0.3 is 9.64 Å². The Morgan fingerprint density at radius 3 is 2.83 bits per heavy atom. The maximum Gasteiger partial charge on any atom is 0.228 e. The summed E-state index contributed by atoms with van der Waals surface area (Å²) >= 11 is 6.12. The van der Waals surface area contributed by atoms with Crippen molar-refractivity contribution in [2.75, 3.05) is 19.7 Å². The number of halogens is 1. The molecule has 1 saturated heterocycles. The van der Waals surface area contributed by atoms with E-state index < -0.39 is 0 Å². The Morgan fingerprint density at radius 1 is 1.20 bits per heavy atom. The number of hydrogen-bond acceptors (Lipinski definition) is 6. The molecule has 1 unspecified atom stereocenters. The van der Waals surface area contributed by atoms with E-state index in [-0.39, 0.29) is 18.4 Å². The molecule has 30 heavy (non-hydrogen) atoms. The van der Waals surface area contributed by atoms with Gasteiger partial charge in [-0.15, -0.1) is 0 Å². The lowest BCUT2D eigenvalue weighted by Gasteiger charge is -2.33. The fourth-order valence-corrected chi connectivity index (χ4v) is 3.85. The van der Waals surface area contributed by atoms with Gasteiger partial charge in [-0.3, -0.25) is 9.78 Å². The zero-order chi connectivity index (χ0) is 21.1. The second-order valence-corrected chi connectivity index (χ2v) is 7.96. The summed E-state index contributed by atoms with van der Waals surface area (Å²) in [7, 11) is 0. The monoisotopic (exact) mass is 426 g/mol. The highest BCUT2D eigenvalue weighted by Gasteiger charge is 2.27. The zero-order valence-corrected chi connectivity index (χ0v) is 17.7. The normalized spacial score (nSPS) is 16.6. The van der Waals surface area contributed by atoms with E-state index in [0.717, 1.165) is 34.0 Å². The van der Waals surface area contributed by atoms with E-state index in [9.17, 15) is 4.79 Å². The number of nitrogens with zero attached hydrogens (tertiary/aromatic N) is 4. The first-order valence-corrected chi connectivity index (χ1v) is 10.2. The van der Waals surface area contributed by atoms with Gasteiger partial charge in [0.25, 0.3) is 0 Å². The molecule has 0 N–H and O–H groups in total. The molecule has 156 valence electrons. The first kappa shape index (κ1) is 20.5. The number of hydrogen-bond donors (Lipinski definition) is 0. The van der Waals surface area contributed by atoms with Crippen LogP contribution in [0.15, 0.2) is 41.0 Å². The molecule has 4 rings (SSSR count). The molecule has 2 aromatic heterocycles. The van der Waals surface area contributed by atoms with E-state index in [1.165, 1.54) is 0 Å². The summed E-state index contributed by atoms with van der Waals surface area (Å²) in [6.45, 7) is 5.21. The molecule has 0 saturated carbocycles. The summed E-state index contributed by atoms with van der Waals surface area (Å²) in [6.07, 6.45) is 0.658. The van der Waals surface area contributed by atoms with Crippen LogP contribution in [0.4, 0.5) is 0 Å². The number of pyridine rings is 1. The van der Waals surface area contributed by atoms with Gasteiger partial charge in [-0.25, -0.2) is 4.63 Å². The molecule has 1 aliphatic heterocycles. The second-order valence-electron chi connectivity index (χ2n) is 7.52. The minimum absolute atomic E-state index is 0.0195. The maximum absolute atomic E-state index is 12.7. The van der Waals surface area contributed by atoms with Crippen LogP contribution >= 0.6 is 11.6 Å². The maximum atomic E-state index is 12.7. The van der Waals surface area contributed by atoms with Crippen LogP contribution in [0.25, 0.3) is 0 Å². The van der Waals surface area contributed by atoms with Crippen molar-refractivity contribution in [1.29, 1.82) is 0 Å². The summed E-state index contributed by atoms with van der Waals surface area (Å²) in [5.74, 6) is -0.0195. The molecule has 0 spiro atoms. The molecule has 8 heteroatoms. The van der Waals surface area contributed by atoms with Crippen LogP contribution < -0.4 is 0 Å². The smallest absolute Gasteiger partial charge is 0.228 e. The van der Waals surface area contributed by atoms with Gasteiger partial charge in [-0.05, 0) is 55.7 Å². The minimum atomic E-state index is -0.266. The molecule has 1 aliphatic rings. The number of rotatable bonds is 5. The molecule has 1 fully saturated rings. The van der Waals surface area contributed by atoms with Crippen molar-refractivity contribution in [3.63, 3.8) is 0 Å². The van der Waals surface area contributed by atoms with Crippen molar-refractivity contribution >= 4 is 17.5 Å². The minimum Gasteiger partial charge on any atom is -0.368 e. The largest absolute Gasteiger partial charge is 0.368 e. The Hall–Kier alpha value is -2.77. The molecular weight excluding hydrogens is 404 g/mol. The average Bonchev–Trinajstić information content (AvgIpc) is 3.12. The fraction of sp³-hybridized carbons (Fsp3) is 0.364. The van der Waals surface area contributed by atoms with Gasteiger partial charge in [0.15, 0.2) is 0 Å². The lowest BCUT2D eigenvalue weighted by atomic mass is 10.0. The van der Waals surface area contributed by atoms with Gasteiger partial charge in [0.2, 0.25) is 5.91 Å².